The average Bonchev–Trinajstić information content (AvgIpc) is 2.53. The molecular formula is C12H13ClN2O3S. The van der Waals surface area contributed by atoms with E-state index in [0.29, 0.717) is 16.8 Å². The number of sulfone groups is 1. The normalized spacial score (nSPS) is 11.8. The van der Waals surface area contributed by atoms with Gasteiger partial charge in [0.1, 0.15) is 0 Å². The lowest BCUT2D eigenvalue weighted by molar-refractivity contribution is 0.602. The first-order valence-corrected chi connectivity index (χ1v) is 7.74. The SMILES string of the molecule is Cc1[nH]n(C)c(=O)c1-c1ccc(S(C)(=O)=O)cc1Cl. The third-order valence-electron chi connectivity index (χ3n) is 2.87. The summed E-state index contributed by atoms with van der Waals surface area (Å²) in [5, 5.41) is 3.11. The molecule has 1 aromatic heterocycles. The molecule has 0 unspecified atom stereocenters. The van der Waals surface area contributed by atoms with Crippen molar-refractivity contribution in [1.29, 1.82) is 0 Å². The van der Waals surface area contributed by atoms with Crippen molar-refractivity contribution in [1.82, 2.24) is 9.78 Å². The molecule has 2 aromatic rings. The Labute approximate surface area is 115 Å². The van der Waals surface area contributed by atoms with Crippen LogP contribution in [-0.4, -0.2) is 24.5 Å². The summed E-state index contributed by atoms with van der Waals surface area (Å²) < 4.78 is 24.2. The summed E-state index contributed by atoms with van der Waals surface area (Å²) in [6.07, 6.45) is 1.11. The van der Waals surface area contributed by atoms with Crippen molar-refractivity contribution in [3.05, 3.63) is 39.3 Å². The highest BCUT2D eigenvalue weighted by atomic mass is 35.5. The molecule has 2 rings (SSSR count). The molecule has 1 N–H and O–H groups in total. The zero-order valence-corrected chi connectivity index (χ0v) is 12.3. The highest BCUT2D eigenvalue weighted by molar-refractivity contribution is 7.90. The zero-order chi connectivity index (χ0) is 14.4. The van der Waals surface area contributed by atoms with Crippen LogP contribution in [0.4, 0.5) is 0 Å². The number of aromatic amines is 1. The van der Waals surface area contributed by atoms with Crippen molar-refractivity contribution >= 4 is 21.4 Å². The van der Waals surface area contributed by atoms with Gasteiger partial charge in [-0.25, -0.2) is 8.42 Å². The molecule has 0 radical (unpaired) electrons. The fourth-order valence-electron chi connectivity index (χ4n) is 1.93. The average molecular weight is 301 g/mol. The summed E-state index contributed by atoms with van der Waals surface area (Å²) in [5.41, 5.74) is 1.45. The van der Waals surface area contributed by atoms with Crippen molar-refractivity contribution in [3.63, 3.8) is 0 Å². The van der Waals surface area contributed by atoms with Crippen LogP contribution in [0.5, 0.6) is 0 Å². The van der Waals surface area contributed by atoms with E-state index in [1.807, 2.05) is 0 Å². The molecule has 0 spiro atoms. The number of benzene rings is 1. The van der Waals surface area contributed by atoms with Crippen LogP contribution in [0, 0.1) is 6.92 Å². The molecule has 7 heteroatoms. The number of rotatable bonds is 2. The molecule has 0 aliphatic heterocycles. The maximum atomic E-state index is 12.0. The molecule has 19 heavy (non-hydrogen) atoms. The number of hydrogen-bond donors (Lipinski definition) is 1. The molecular weight excluding hydrogens is 288 g/mol. The highest BCUT2D eigenvalue weighted by Crippen LogP contribution is 2.29. The predicted octanol–water partition coefficient (Wildman–Crippen LogP) is 1.75. The number of nitrogens with zero attached hydrogens (tertiary/aromatic N) is 1. The third kappa shape index (κ3) is 2.46. The summed E-state index contributed by atoms with van der Waals surface area (Å²) in [5.74, 6) is 0. The molecule has 0 aliphatic carbocycles. The van der Waals surface area contributed by atoms with Crippen molar-refractivity contribution in [2.45, 2.75) is 11.8 Å². The summed E-state index contributed by atoms with van der Waals surface area (Å²) in [7, 11) is -1.71. The predicted molar refractivity (Wildman–Crippen MR) is 74.3 cm³/mol. The van der Waals surface area contributed by atoms with Gasteiger partial charge in [-0.3, -0.25) is 14.6 Å². The van der Waals surface area contributed by atoms with Crippen molar-refractivity contribution in [2.75, 3.05) is 6.26 Å². The Bertz CT molecular complexity index is 803. The van der Waals surface area contributed by atoms with Crippen LogP contribution in [0.2, 0.25) is 5.02 Å². The highest BCUT2D eigenvalue weighted by Gasteiger charge is 2.16. The number of H-pyrrole nitrogens is 1. The number of aromatic nitrogens is 2. The van der Waals surface area contributed by atoms with Gasteiger partial charge in [0.2, 0.25) is 0 Å². The zero-order valence-electron chi connectivity index (χ0n) is 10.7. The van der Waals surface area contributed by atoms with Gasteiger partial charge in [0.25, 0.3) is 5.56 Å². The Morgan fingerprint density at radius 1 is 1.32 bits per heavy atom. The van der Waals surface area contributed by atoms with E-state index in [0.717, 1.165) is 6.26 Å². The van der Waals surface area contributed by atoms with E-state index in [4.69, 9.17) is 11.6 Å². The Morgan fingerprint density at radius 3 is 2.37 bits per heavy atom. The molecule has 5 nitrogen and oxygen atoms in total. The molecule has 1 aromatic carbocycles. The molecule has 1 heterocycles. The lowest BCUT2D eigenvalue weighted by atomic mass is 10.1. The van der Waals surface area contributed by atoms with E-state index < -0.39 is 9.84 Å². The molecule has 0 saturated heterocycles. The van der Waals surface area contributed by atoms with Crippen LogP contribution in [0.1, 0.15) is 5.69 Å². The van der Waals surface area contributed by atoms with Crippen LogP contribution in [0.25, 0.3) is 11.1 Å². The minimum absolute atomic E-state index is 0.131. The fraction of sp³-hybridized carbons (Fsp3) is 0.250. The first kappa shape index (κ1) is 13.9. The Hall–Kier alpha value is -1.53. The minimum atomic E-state index is -3.31. The van der Waals surface area contributed by atoms with Crippen LogP contribution in [-0.2, 0) is 16.9 Å². The van der Waals surface area contributed by atoms with E-state index in [2.05, 4.69) is 5.10 Å². The quantitative estimate of drug-likeness (QED) is 0.918. The van der Waals surface area contributed by atoms with E-state index >= 15 is 0 Å². The Kier molecular flexibility index (Phi) is 3.32. The maximum absolute atomic E-state index is 12.0. The summed E-state index contributed by atoms with van der Waals surface area (Å²) in [4.78, 5) is 12.1. The minimum Gasteiger partial charge on any atom is -0.300 e. The van der Waals surface area contributed by atoms with Gasteiger partial charge in [-0.1, -0.05) is 17.7 Å². The van der Waals surface area contributed by atoms with Gasteiger partial charge in [0, 0.05) is 29.6 Å². The topological polar surface area (TPSA) is 71.9 Å². The smallest absolute Gasteiger partial charge is 0.274 e. The molecule has 0 saturated carbocycles. The van der Waals surface area contributed by atoms with Crippen LogP contribution in [0.15, 0.2) is 27.9 Å². The van der Waals surface area contributed by atoms with Crippen molar-refractivity contribution < 1.29 is 8.42 Å². The second-order valence-corrected chi connectivity index (χ2v) is 6.81. The molecule has 0 aliphatic rings. The van der Waals surface area contributed by atoms with Gasteiger partial charge in [0.15, 0.2) is 9.84 Å². The second-order valence-electron chi connectivity index (χ2n) is 4.39. The maximum Gasteiger partial charge on any atom is 0.274 e. The second kappa shape index (κ2) is 4.54. The van der Waals surface area contributed by atoms with Gasteiger partial charge in [0.05, 0.1) is 10.5 Å². The van der Waals surface area contributed by atoms with E-state index in [1.165, 1.54) is 16.8 Å². The first-order valence-electron chi connectivity index (χ1n) is 5.47. The van der Waals surface area contributed by atoms with Gasteiger partial charge in [-0.05, 0) is 19.1 Å². The lowest BCUT2D eigenvalue weighted by Crippen LogP contribution is -2.13. The number of halogens is 1. The van der Waals surface area contributed by atoms with E-state index in [-0.39, 0.29) is 15.5 Å². The lowest BCUT2D eigenvalue weighted by Gasteiger charge is -2.04. The molecule has 0 bridgehead atoms. The molecule has 0 atom stereocenters. The van der Waals surface area contributed by atoms with Crippen molar-refractivity contribution in [2.24, 2.45) is 7.05 Å². The van der Waals surface area contributed by atoms with Gasteiger partial charge >= 0.3 is 0 Å². The van der Waals surface area contributed by atoms with Crippen molar-refractivity contribution in [3.8, 4) is 11.1 Å². The van der Waals surface area contributed by atoms with Gasteiger partial charge in [-0.2, -0.15) is 0 Å². The number of hydrogen-bond acceptors (Lipinski definition) is 3. The summed E-state index contributed by atoms with van der Waals surface area (Å²) >= 11 is 6.10. The van der Waals surface area contributed by atoms with E-state index in [9.17, 15) is 13.2 Å². The standard InChI is InChI=1S/C12H13ClN2O3S/c1-7-11(12(16)15(2)14-7)9-5-4-8(6-10(9)13)19(3,17)18/h4-6,14H,1-3H3. The Balaban J connectivity index is 2.69. The van der Waals surface area contributed by atoms with Gasteiger partial charge < -0.3 is 0 Å². The van der Waals surface area contributed by atoms with E-state index in [1.54, 1.807) is 20.0 Å². The Morgan fingerprint density at radius 2 is 1.95 bits per heavy atom. The largest absolute Gasteiger partial charge is 0.300 e. The molecule has 0 fully saturated rings. The van der Waals surface area contributed by atoms with Gasteiger partial charge in [-0.15, -0.1) is 0 Å². The first-order chi connectivity index (χ1) is 8.71. The number of nitrogens with one attached hydrogen (secondary N) is 1. The molecule has 102 valence electrons. The van der Waals surface area contributed by atoms with Crippen LogP contribution < -0.4 is 5.56 Å². The summed E-state index contributed by atoms with van der Waals surface area (Å²) in [6, 6.07) is 4.36. The summed E-state index contributed by atoms with van der Waals surface area (Å²) in [6.45, 7) is 1.76. The monoisotopic (exact) mass is 300 g/mol. The third-order valence-corrected chi connectivity index (χ3v) is 4.29. The fourth-order valence-corrected chi connectivity index (χ4v) is 2.92. The van der Waals surface area contributed by atoms with Crippen LogP contribution in [0.3, 0.4) is 0 Å². The number of aryl methyl sites for hydroxylation is 2. The molecule has 0 amide bonds. The van der Waals surface area contributed by atoms with Crippen LogP contribution >= 0.6 is 11.6 Å².